The van der Waals surface area contributed by atoms with Crippen LogP contribution in [0.3, 0.4) is 0 Å². The molecule has 2 rings (SSSR count). The molecule has 1 saturated carbocycles. The summed E-state index contributed by atoms with van der Waals surface area (Å²) in [7, 11) is 0. The summed E-state index contributed by atoms with van der Waals surface area (Å²) in [6.45, 7) is 11.9. The summed E-state index contributed by atoms with van der Waals surface area (Å²) in [4.78, 5) is 28.1. The van der Waals surface area contributed by atoms with E-state index in [0.717, 1.165) is 38.5 Å². The number of carbonyl (C=O) groups excluding carboxylic acids is 2. The fourth-order valence-corrected chi connectivity index (χ4v) is 6.36. The molecule has 0 spiro atoms. The van der Waals surface area contributed by atoms with Crippen molar-refractivity contribution >= 4 is 11.8 Å². The van der Waals surface area contributed by atoms with Gasteiger partial charge in [-0.25, -0.2) is 0 Å². The lowest BCUT2D eigenvalue weighted by Crippen LogP contribution is -2.45. The lowest BCUT2D eigenvalue weighted by molar-refractivity contribution is -0.141. The molecule has 1 aromatic rings. The molecule has 1 fully saturated rings. The molecule has 0 aromatic heterocycles. The molecule has 0 heterocycles. The number of benzene rings is 1. The summed E-state index contributed by atoms with van der Waals surface area (Å²) in [6.07, 6.45) is 12.5. The van der Waals surface area contributed by atoms with E-state index >= 15 is 0 Å². The van der Waals surface area contributed by atoms with Crippen molar-refractivity contribution < 1.29 is 14.7 Å². The Morgan fingerprint density at radius 3 is 2.30 bits per heavy atom. The highest BCUT2D eigenvalue weighted by molar-refractivity contribution is 5.85. The van der Waals surface area contributed by atoms with E-state index in [1.54, 1.807) is 4.90 Å². The van der Waals surface area contributed by atoms with Gasteiger partial charge < -0.3 is 15.3 Å². The number of carbonyl (C=O) groups is 2. The van der Waals surface area contributed by atoms with Gasteiger partial charge in [0.1, 0.15) is 0 Å². The van der Waals surface area contributed by atoms with Gasteiger partial charge in [0.2, 0.25) is 11.8 Å². The van der Waals surface area contributed by atoms with Crippen LogP contribution in [-0.4, -0.2) is 48.1 Å². The summed E-state index contributed by atoms with van der Waals surface area (Å²) in [5.74, 6) is 0.0672. The SMILES string of the molecule is CCCC[C@](CCC)(CCCN(CC(=O)NCCO)C(=O)C(C)C(C)CC1(C)CCC1)c1ccccc1. The Labute approximate surface area is 226 Å². The topological polar surface area (TPSA) is 69.6 Å². The van der Waals surface area contributed by atoms with Gasteiger partial charge in [-0.1, -0.05) is 90.6 Å². The molecule has 3 atom stereocenters. The van der Waals surface area contributed by atoms with E-state index in [1.807, 2.05) is 6.92 Å². The first-order valence-electron chi connectivity index (χ1n) is 14.9. The zero-order valence-corrected chi connectivity index (χ0v) is 24.4. The van der Waals surface area contributed by atoms with E-state index in [0.29, 0.717) is 12.0 Å². The van der Waals surface area contributed by atoms with Crippen LogP contribution in [0.2, 0.25) is 0 Å². The Bertz CT molecular complexity index is 808. The van der Waals surface area contributed by atoms with Crippen LogP contribution in [-0.2, 0) is 15.0 Å². The maximum Gasteiger partial charge on any atom is 0.239 e. The number of aliphatic hydroxyl groups is 1. The number of nitrogens with one attached hydrogen (secondary N) is 1. The highest BCUT2D eigenvalue weighted by atomic mass is 16.3. The Hall–Kier alpha value is -1.88. The van der Waals surface area contributed by atoms with E-state index in [1.165, 1.54) is 37.7 Å². The molecule has 0 aliphatic heterocycles. The zero-order valence-electron chi connectivity index (χ0n) is 24.4. The smallest absolute Gasteiger partial charge is 0.239 e. The Morgan fingerprint density at radius 1 is 1.05 bits per heavy atom. The molecule has 2 amide bonds. The third kappa shape index (κ3) is 9.42. The van der Waals surface area contributed by atoms with Crippen LogP contribution in [0.4, 0.5) is 0 Å². The molecule has 37 heavy (non-hydrogen) atoms. The van der Waals surface area contributed by atoms with Crippen molar-refractivity contribution in [3.63, 3.8) is 0 Å². The van der Waals surface area contributed by atoms with Gasteiger partial charge in [0, 0.05) is 19.0 Å². The van der Waals surface area contributed by atoms with Gasteiger partial charge in [0.15, 0.2) is 0 Å². The second-order valence-electron chi connectivity index (χ2n) is 12.1. The molecule has 2 N–H and O–H groups in total. The van der Waals surface area contributed by atoms with Crippen molar-refractivity contribution in [1.82, 2.24) is 10.2 Å². The number of unbranched alkanes of at least 4 members (excludes halogenated alkanes) is 1. The van der Waals surface area contributed by atoms with Crippen LogP contribution in [0, 0.1) is 17.3 Å². The third-order valence-electron chi connectivity index (χ3n) is 8.91. The average molecular weight is 515 g/mol. The van der Waals surface area contributed by atoms with Crippen molar-refractivity contribution in [2.45, 2.75) is 111 Å². The van der Waals surface area contributed by atoms with Crippen molar-refractivity contribution in [1.29, 1.82) is 0 Å². The monoisotopic (exact) mass is 514 g/mol. The first kappa shape index (κ1) is 31.3. The molecule has 5 heteroatoms. The number of aliphatic hydroxyl groups excluding tert-OH is 1. The van der Waals surface area contributed by atoms with Crippen molar-refractivity contribution in [3.05, 3.63) is 35.9 Å². The van der Waals surface area contributed by atoms with Crippen LogP contribution in [0.25, 0.3) is 0 Å². The van der Waals surface area contributed by atoms with Gasteiger partial charge >= 0.3 is 0 Å². The summed E-state index contributed by atoms with van der Waals surface area (Å²) in [6, 6.07) is 10.9. The summed E-state index contributed by atoms with van der Waals surface area (Å²) < 4.78 is 0. The third-order valence-corrected chi connectivity index (χ3v) is 8.91. The molecule has 0 radical (unpaired) electrons. The van der Waals surface area contributed by atoms with Crippen molar-refractivity contribution in [2.75, 3.05) is 26.2 Å². The number of hydrogen-bond donors (Lipinski definition) is 2. The zero-order chi connectivity index (χ0) is 27.3. The summed E-state index contributed by atoms with van der Waals surface area (Å²) in [5, 5.41) is 11.9. The predicted octanol–water partition coefficient (Wildman–Crippen LogP) is 6.48. The molecule has 5 nitrogen and oxygen atoms in total. The predicted molar refractivity (Wildman–Crippen MR) is 153 cm³/mol. The van der Waals surface area contributed by atoms with Crippen molar-refractivity contribution in [3.8, 4) is 0 Å². The maximum atomic E-state index is 13.7. The maximum absolute atomic E-state index is 13.7. The minimum atomic E-state index is -0.193. The second-order valence-corrected chi connectivity index (χ2v) is 12.1. The van der Waals surface area contributed by atoms with Crippen LogP contribution in [0.5, 0.6) is 0 Å². The molecule has 210 valence electrons. The number of rotatable bonds is 18. The van der Waals surface area contributed by atoms with Crippen molar-refractivity contribution in [2.24, 2.45) is 17.3 Å². The molecule has 2 unspecified atom stereocenters. The van der Waals surface area contributed by atoms with Crippen LogP contribution in [0.15, 0.2) is 30.3 Å². The molecule has 1 aliphatic rings. The molecule has 0 bridgehead atoms. The number of hydrogen-bond acceptors (Lipinski definition) is 3. The Kier molecular flexibility index (Phi) is 13.1. The molecular formula is C32H54N2O3. The second kappa shape index (κ2) is 15.5. The van der Waals surface area contributed by atoms with Gasteiger partial charge in [-0.05, 0) is 67.3 Å². The van der Waals surface area contributed by atoms with Crippen LogP contribution < -0.4 is 5.32 Å². The first-order chi connectivity index (χ1) is 17.7. The minimum absolute atomic E-state index is 0.0637. The largest absolute Gasteiger partial charge is 0.395 e. The Balaban J connectivity index is 2.15. The van der Waals surface area contributed by atoms with Gasteiger partial charge in [0.05, 0.1) is 13.2 Å². The molecule has 1 aliphatic carbocycles. The fraction of sp³-hybridized carbons (Fsp3) is 0.750. The lowest BCUT2D eigenvalue weighted by Gasteiger charge is -2.42. The van der Waals surface area contributed by atoms with E-state index in [2.05, 4.69) is 63.3 Å². The summed E-state index contributed by atoms with van der Waals surface area (Å²) >= 11 is 0. The van der Waals surface area contributed by atoms with Gasteiger partial charge in [-0.2, -0.15) is 0 Å². The van der Waals surface area contributed by atoms with Crippen LogP contribution in [0.1, 0.15) is 111 Å². The average Bonchev–Trinajstić information content (AvgIpc) is 2.88. The quantitative estimate of drug-likeness (QED) is 0.235. The van der Waals surface area contributed by atoms with Gasteiger partial charge in [0.25, 0.3) is 0 Å². The van der Waals surface area contributed by atoms with Crippen LogP contribution >= 0.6 is 0 Å². The fourth-order valence-electron chi connectivity index (χ4n) is 6.36. The molecular weight excluding hydrogens is 460 g/mol. The lowest BCUT2D eigenvalue weighted by atomic mass is 9.64. The van der Waals surface area contributed by atoms with Gasteiger partial charge in [-0.15, -0.1) is 0 Å². The van der Waals surface area contributed by atoms with E-state index in [4.69, 9.17) is 5.11 Å². The molecule has 0 saturated heterocycles. The van der Waals surface area contributed by atoms with E-state index < -0.39 is 0 Å². The van der Waals surface area contributed by atoms with E-state index in [-0.39, 0.29) is 48.8 Å². The van der Waals surface area contributed by atoms with Gasteiger partial charge in [-0.3, -0.25) is 9.59 Å². The molecule has 1 aromatic carbocycles. The minimum Gasteiger partial charge on any atom is -0.395 e. The Morgan fingerprint density at radius 2 is 1.73 bits per heavy atom. The normalized spacial score (nSPS) is 17.8. The highest BCUT2D eigenvalue weighted by Gasteiger charge is 2.37. The number of nitrogens with zero attached hydrogens (tertiary/aromatic N) is 1. The standard InChI is InChI=1S/C32H54N2O3/c1-6-8-19-32(16-7-2,28-14-10-9-11-15-28)20-13-22-34(25-29(36)33-21-23-35)30(37)27(4)26(3)24-31(5)17-12-18-31/h9-11,14-15,26-27,35H,6-8,12-13,16-25H2,1-5H3,(H,33,36)/t26?,27?,32-/m1/s1. The highest BCUT2D eigenvalue weighted by Crippen LogP contribution is 2.46. The first-order valence-corrected chi connectivity index (χ1v) is 14.9. The van der Waals surface area contributed by atoms with E-state index in [9.17, 15) is 9.59 Å². The summed E-state index contributed by atoms with van der Waals surface area (Å²) in [5.41, 5.74) is 1.88. The number of amides is 2.